The highest BCUT2D eigenvalue weighted by Gasteiger charge is 2.40. The Morgan fingerprint density at radius 2 is 1.87 bits per heavy atom. The lowest BCUT2D eigenvalue weighted by Crippen LogP contribution is -2.35. The summed E-state index contributed by atoms with van der Waals surface area (Å²) >= 11 is 1.37. The highest BCUT2D eigenvalue weighted by atomic mass is 32.1. The fraction of sp³-hybridized carbons (Fsp3) is 0.588. The largest absolute Gasteiger partial charge is 0.481 e. The normalized spacial score (nSPS) is 17.1. The maximum absolute atomic E-state index is 12.4. The highest BCUT2D eigenvalue weighted by molar-refractivity contribution is 7.16. The summed E-state index contributed by atoms with van der Waals surface area (Å²) in [5, 5.41) is 22.2. The Bertz CT molecular complexity index is 650. The maximum atomic E-state index is 12.4. The molecule has 23 heavy (non-hydrogen) atoms. The zero-order valence-corrected chi connectivity index (χ0v) is 14.4. The molecule has 1 aromatic heterocycles. The number of carbonyl (C=O) groups is 2. The van der Waals surface area contributed by atoms with Gasteiger partial charge in [0.15, 0.2) is 0 Å². The van der Waals surface area contributed by atoms with Crippen LogP contribution in [0.1, 0.15) is 60.9 Å². The van der Waals surface area contributed by atoms with Crippen LogP contribution < -0.4 is 5.32 Å². The average molecular weight is 334 g/mol. The molecule has 0 unspecified atom stereocenters. The summed E-state index contributed by atoms with van der Waals surface area (Å²) in [6.07, 6.45) is 4.81. The third kappa shape index (κ3) is 3.73. The third-order valence-electron chi connectivity index (χ3n) is 4.76. The summed E-state index contributed by atoms with van der Waals surface area (Å²) in [4.78, 5) is 25.2. The monoisotopic (exact) mass is 334 g/mol. The van der Waals surface area contributed by atoms with Crippen LogP contribution in [0, 0.1) is 30.6 Å². The second-order valence-corrected chi connectivity index (χ2v) is 7.55. The van der Waals surface area contributed by atoms with Crippen LogP contribution in [0.5, 0.6) is 0 Å². The van der Waals surface area contributed by atoms with Crippen LogP contribution in [0.3, 0.4) is 0 Å². The van der Waals surface area contributed by atoms with Crippen LogP contribution in [0.4, 0.5) is 5.00 Å². The molecule has 2 rings (SSSR count). The van der Waals surface area contributed by atoms with Gasteiger partial charge in [0.1, 0.15) is 11.1 Å². The number of hydrogen-bond acceptors (Lipinski definition) is 4. The van der Waals surface area contributed by atoms with Crippen molar-refractivity contribution in [2.45, 2.75) is 58.8 Å². The van der Waals surface area contributed by atoms with Crippen LogP contribution in [-0.4, -0.2) is 17.0 Å². The molecule has 5 nitrogen and oxygen atoms in total. The van der Waals surface area contributed by atoms with E-state index in [1.807, 2.05) is 13.8 Å². The number of aliphatic carboxylic acids is 1. The van der Waals surface area contributed by atoms with E-state index in [4.69, 9.17) is 0 Å². The smallest absolute Gasteiger partial charge is 0.310 e. The van der Waals surface area contributed by atoms with E-state index in [-0.39, 0.29) is 12.3 Å². The number of rotatable bonds is 4. The number of carboxylic acids is 1. The topological polar surface area (TPSA) is 90.2 Å². The van der Waals surface area contributed by atoms with Gasteiger partial charge in [-0.05, 0) is 32.3 Å². The van der Waals surface area contributed by atoms with Gasteiger partial charge in [-0.15, -0.1) is 11.3 Å². The molecule has 1 heterocycles. The van der Waals surface area contributed by atoms with E-state index in [0.29, 0.717) is 23.4 Å². The predicted molar refractivity (Wildman–Crippen MR) is 89.5 cm³/mol. The molecule has 6 heteroatoms. The Kier molecular flexibility index (Phi) is 5.42. The molecule has 0 atom stereocenters. The zero-order chi connectivity index (χ0) is 17.0. The SMILES string of the molecule is Cc1sc(NC(=O)CC2(C(=O)O)CCCCCC2)c(C#N)c1C. The lowest BCUT2D eigenvalue weighted by Gasteiger charge is -2.27. The first-order valence-corrected chi connectivity index (χ1v) is 8.74. The number of carbonyl (C=O) groups excluding carboxylic acids is 1. The van der Waals surface area contributed by atoms with E-state index in [0.717, 1.165) is 36.1 Å². The number of nitriles is 1. The molecule has 0 radical (unpaired) electrons. The molecule has 0 spiro atoms. The van der Waals surface area contributed by atoms with Crippen molar-refractivity contribution in [2.24, 2.45) is 5.41 Å². The second kappa shape index (κ2) is 7.14. The van der Waals surface area contributed by atoms with Crippen molar-refractivity contribution in [3.63, 3.8) is 0 Å². The number of nitrogens with zero attached hydrogens (tertiary/aromatic N) is 1. The third-order valence-corrected chi connectivity index (χ3v) is 5.89. The molecule has 1 amide bonds. The molecule has 124 valence electrons. The van der Waals surface area contributed by atoms with Crippen molar-refractivity contribution in [1.82, 2.24) is 0 Å². The number of hydrogen-bond donors (Lipinski definition) is 2. The van der Waals surface area contributed by atoms with Crippen molar-refractivity contribution in [3.8, 4) is 6.07 Å². The summed E-state index contributed by atoms with van der Waals surface area (Å²) in [7, 11) is 0. The first-order valence-electron chi connectivity index (χ1n) is 7.93. The molecule has 0 aromatic carbocycles. The minimum Gasteiger partial charge on any atom is -0.481 e. The molecule has 1 aliphatic carbocycles. The van der Waals surface area contributed by atoms with Gasteiger partial charge in [0, 0.05) is 11.3 Å². The predicted octanol–water partition coefficient (Wildman–Crippen LogP) is 3.99. The van der Waals surface area contributed by atoms with Crippen molar-refractivity contribution in [1.29, 1.82) is 5.26 Å². The van der Waals surface area contributed by atoms with Gasteiger partial charge in [0.05, 0.1) is 11.0 Å². The lowest BCUT2D eigenvalue weighted by atomic mass is 9.77. The van der Waals surface area contributed by atoms with Gasteiger partial charge in [-0.3, -0.25) is 9.59 Å². The van der Waals surface area contributed by atoms with E-state index >= 15 is 0 Å². The molecule has 1 aromatic rings. The Morgan fingerprint density at radius 3 is 2.39 bits per heavy atom. The van der Waals surface area contributed by atoms with Crippen LogP contribution in [-0.2, 0) is 9.59 Å². The van der Waals surface area contributed by atoms with E-state index in [9.17, 15) is 20.0 Å². The Labute approximate surface area is 140 Å². The molecular weight excluding hydrogens is 312 g/mol. The Hall–Kier alpha value is -1.87. The first-order chi connectivity index (χ1) is 10.9. The van der Waals surface area contributed by atoms with Crippen LogP contribution in [0.25, 0.3) is 0 Å². The lowest BCUT2D eigenvalue weighted by molar-refractivity contribution is -0.152. The Balaban J connectivity index is 2.16. The summed E-state index contributed by atoms with van der Waals surface area (Å²) in [5.74, 6) is -1.19. The van der Waals surface area contributed by atoms with Crippen molar-refractivity contribution >= 4 is 28.2 Å². The molecule has 0 aliphatic heterocycles. The van der Waals surface area contributed by atoms with Gasteiger partial charge < -0.3 is 10.4 Å². The van der Waals surface area contributed by atoms with Gasteiger partial charge in [-0.25, -0.2) is 0 Å². The average Bonchev–Trinajstić information content (AvgIpc) is 2.68. The first kappa shape index (κ1) is 17.5. The van der Waals surface area contributed by atoms with Gasteiger partial charge in [0.2, 0.25) is 5.91 Å². The minimum atomic E-state index is -0.964. The van der Waals surface area contributed by atoms with Crippen LogP contribution in [0.2, 0.25) is 0 Å². The summed E-state index contributed by atoms with van der Waals surface area (Å²) in [6, 6.07) is 2.12. The number of carboxylic acid groups (broad SMARTS) is 1. The molecular formula is C17H22N2O3S. The second-order valence-electron chi connectivity index (χ2n) is 6.32. The molecule has 1 fully saturated rings. The molecule has 0 saturated heterocycles. The molecule has 1 aliphatic rings. The zero-order valence-electron chi connectivity index (χ0n) is 13.6. The Morgan fingerprint density at radius 1 is 1.26 bits per heavy atom. The molecule has 1 saturated carbocycles. The van der Waals surface area contributed by atoms with Gasteiger partial charge >= 0.3 is 5.97 Å². The quantitative estimate of drug-likeness (QED) is 0.815. The number of aryl methyl sites for hydroxylation is 1. The van der Waals surface area contributed by atoms with E-state index < -0.39 is 11.4 Å². The standard InChI is InChI=1S/C17H22N2O3S/c1-11-12(2)23-15(13(11)10-18)19-14(20)9-17(16(21)22)7-5-3-4-6-8-17/h3-9H2,1-2H3,(H,19,20)(H,21,22). The summed E-state index contributed by atoms with van der Waals surface area (Å²) < 4.78 is 0. The maximum Gasteiger partial charge on any atom is 0.310 e. The number of thiophene rings is 1. The van der Waals surface area contributed by atoms with Crippen molar-refractivity contribution < 1.29 is 14.7 Å². The molecule has 0 bridgehead atoms. The van der Waals surface area contributed by atoms with E-state index in [1.54, 1.807) is 0 Å². The van der Waals surface area contributed by atoms with Gasteiger partial charge in [0.25, 0.3) is 0 Å². The van der Waals surface area contributed by atoms with Crippen LogP contribution in [0.15, 0.2) is 0 Å². The highest BCUT2D eigenvalue weighted by Crippen LogP contribution is 2.39. The van der Waals surface area contributed by atoms with Crippen molar-refractivity contribution in [3.05, 3.63) is 16.0 Å². The fourth-order valence-electron chi connectivity index (χ4n) is 3.20. The number of amides is 1. The van der Waals surface area contributed by atoms with Crippen molar-refractivity contribution in [2.75, 3.05) is 5.32 Å². The van der Waals surface area contributed by atoms with Crippen LogP contribution >= 0.6 is 11.3 Å². The van der Waals surface area contributed by atoms with Gasteiger partial charge in [-0.1, -0.05) is 25.7 Å². The molecule has 2 N–H and O–H groups in total. The number of nitrogens with one attached hydrogen (secondary N) is 1. The van der Waals surface area contributed by atoms with E-state index in [1.165, 1.54) is 11.3 Å². The summed E-state index contributed by atoms with van der Waals surface area (Å²) in [5.41, 5.74) is 0.385. The van der Waals surface area contributed by atoms with Gasteiger partial charge in [-0.2, -0.15) is 5.26 Å². The fourth-order valence-corrected chi connectivity index (χ4v) is 4.23. The van der Waals surface area contributed by atoms with E-state index in [2.05, 4.69) is 11.4 Å². The number of anilines is 1. The minimum absolute atomic E-state index is 0.0246. The summed E-state index contributed by atoms with van der Waals surface area (Å²) in [6.45, 7) is 3.75.